The molecule has 0 aliphatic heterocycles. The first-order valence-corrected chi connectivity index (χ1v) is 5.42. The largest absolute Gasteiger partial charge is 0.508 e. The molecule has 0 bridgehead atoms. The summed E-state index contributed by atoms with van der Waals surface area (Å²) < 4.78 is 18.9. The minimum atomic E-state index is -0.436. The normalized spacial score (nSPS) is 10.2. The van der Waals surface area contributed by atoms with Gasteiger partial charge in [-0.3, -0.25) is 0 Å². The number of aromatic hydroxyl groups is 1. The Bertz CT molecular complexity index is 506. The number of ether oxygens (including phenoxy) is 1. The number of phenols is 1. The second kappa shape index (κ2) is 4.87. The molecule has 0 fully saturated rings. The van der Waals surface area contributed by atoms with Crippen molar-refractivity contribution in [3.05, 3.63) is 48.3 Å². The zero-order chi connectivity index (χ0) is 12.3. The molecule has 0 aliphatic carbocycles. The van der Waals surface area contributed by atoms with Crippen LogP contribution in [-0.4, -0.2) is 11.7 Å². The molecule has 2 nitrogen and oxygen atoms in total. The van der Waals surface area contributed by atoms with Crippen LogP contribution >= 0.6 is 0 Å². The monoisotopic (exact) mass is 232 g/mol. The van der Waals surface area contributed by atoms with Crippen LogP contribution in [0.15, 0.2) is 42.5 Å². The highest BCUT2D eigenvalue weighted by molar-refractivity contribution is 5.65. The van der Waals surface area contributed by atoms with Crippen molar-refractivity contribution in [2.45, 2.75) is 6.92 Å². The fourth-order valence-corrected chi connectivity index (χ4v) is 1.64. The molecule has 0 aliphatic rings. The van der Waals surface area contributed by atoms with Gasteiger partial charge < -0.3 is 9.84 Å². The van der Waals surface area contributed by atoms with Gasteiger partial charge in [-0.2, -0.15) is 0 Å². The van der Waals surface area contributed by atoms with Gasteiger partial charge in [0.25, 0.3) is 0 Å². The first-order valence-electron chi connectivity index (χ1n) is 5.42. The molecule has 17 heavy (non-hydrogen) atoms. The fraction of sp³-hybridized carbons (Fsp3) is 0.143. The van der Waals surface area contributed by atoms with Gasteiger partial charge in [-0.25, -0.2) is 4.39 Å². The van der Waals surface area contributed by atoms with E-state index in [-0.39, 0.29) is 5.75 Å². The van der Waals surface area contributed by atoms with Crippen LogP contribution in [0.1, 0.15) is 6.92 Å². The van der Waals surface area contributed by atoms with Crippen LogP contribution in [-0.2, 0) is 0 Å². The molecule has 0 radical (unpaired) electrons. The Labute approximate surface area is 99.3 Å². The summed E-state index contributed by atoms with van der Waals surface area (Å²) in [6, 6.07) is 11.3. The molecule has 1 N–H and O–H groups in total. The van der Waals surface area contributed by atoms with E-state index in [4.69, 9.17) is 9.84 Å². The van der Waals surface area contributed by atoms with E-state index in [1.165, 1.54) is 6.07 Å². The van der Waals surface area contributed by atoms with E-state index >= 15 is 0 Å². The lowest BCUT2D eigenvalue weighted by Crippen LogP contribution is -1.91. The lowest BCUT2D eigenvalue weighted by atomic mass is 10.0. The summed E-state index contributed by atoms with van der Waals surface area (Å²) in [5.74, 6) is 0.252. The molecule has 0 heterocycles. The Hall–Kier alpha value is -2.03. The van der Waals surface area contributed by atoms with Crippen molar-refractivity contribution in [1.29, 1.82) is 0 Å². The lowest BCUT2D eigenvalue weighted by molar-refractivity contribution is 0.340. The molecular formula is C14H13FO2. The number of halogens is 1. The van der Waals surface area contributed by atoms with Crippen molar-refractivity contribution in [2.24, 2.45) is 0 Å². The van der Waals surface area contributed by atoms with Gasteiger partial charge in [0.15, 0.2) is 0 Å². The Kier molecular flexibility index (Phi) is 3.28. The molecule has 2 aromatic carbocycles. The van der Waals surface area contributed by atoms with Crippen LogP contribution in [0, 0.1) is 5.82 Å². The van der Waals surface area contributed by atoms with Crippen LogP contribution in [0.2, 0.25) is 0 Å². The molecular weight excluding hydrogens is 219 g/mol. The Morgan fingerprint density at radius 2 is 1.82 bits per heavy atom. The van der Waals surface area contributed by atoms with Gasteiger partial charge in [0, 0.05) is 11.6 Å². The number of benzene rings is 2. The maximum absolute atomic E-state index is 13.6. The Morgan fingerprint density at radius 3 is 2.41 bits per heavy atom. The van der Waals surface area contributed by atoms with Gasteiger partial charge in [-0.15, -0.1) is 0 Å². The van der Waals surface area contributed by atoms with Crippen LogP contribution in [0.25, 0.3) is 11.1 Å². The third-order valence-electron chi connectivity index (χ3n) is 2.43. The van der Waals surface area contributed by atoms with Crippen molar-refractivity contribution in [1.82, 2.24) is 0 Å². The summed E-state index contributed by atoms with van der Waals surface area (Å²) in [7, 11) is 0. The van der Waals surface area contributed by atoms with E-state index in [9.17, 15) is 4.39 Å². The zero-order valence-electron chi connectivity index (χ0n) is 9.48. The molecule has 0 aromatic heterocycles. The fourth-order valence-electron chi connectivity index (χ4n) is 1.64. The highest BCUT2D eigenvalue weighted by Gasteiger charge is 2.05. The van der Waals surface area contributed by atoms with Crippen LogP contribution in [0.4, 0.5) is 4.39 Å². The smallest absolute Gasteiger partial charge is 0.134 e. The topological polar surface area (TPSA) is 29.5 Å². The van der Waals surface area contributed by atoms with Crippen molar-refractivity contribution in [3.63, 3.8) is 0 Å². The molecule has 0 saturated carbocycles. The predicted octanol–water partition coefficient (Wildman–Crippen LogP) is 3.60. The summed E-state index contributed by atoms with van der Waals surface area (Å²) in [4.78, 5) is 0. The quantitative estimate of drug-likeness (QED) is 0.876. The van der Waals surface area contributed by atoms with Crippen molar-refractivity contribution in [2.75, 3.05) is 6.61 Å². The van der Waals surface area contributed by atoms with Gasteiger partial charge >= 0.3 is 0 Å². The van der Waals surface area contributed by atoms with E-state index < -0.39 is 5.82 Å². The molecule has 0 unspecified atom stereocenters. The first kappa shape index (κ1) is 11.5. The summed E-state index contributed by atoms with van der Waals surface area (Å²) >= 11 is 0. The Balaban J connectivity index is 2.33. The van der Waals surface area contributed by atoms with Gasteiger partial charge in [0.1, 0.15) is 17.3 Å². The number of rotatable bonds is 3. The van der Waals surface area contributed by atoms with E-state index in [0.717, 1.165) is 17.4 Å². The van der Waals surface area contributed by atoms with Crippen molar-refractivity contribution < 1.29 is 14.2 Å². The van der Waals surface area contributed by atoms with Gasteiger partial charge in [-0.1, -0.05) is 12.1 Å². The van der Waals surface area contributed by atoms with Gasteiger partial charge in [0.2, 0.25) is 0 Å². The van der Waals surface area contributed by atoms with Crippen LogP contribution in [0.3, 0.4) is 0 Å². The zero-order valence-corrected chi connectivity index (χ0v) is 9.48. The van der Waals surface area contributed by atoms with Crippen molar-refractivity contribution >= 4 is 0 Å². The van der Waals surface area contributed by atoms with Crippen molar-refractivity contribution in [3.8, 4) is 22.6 Å². The third-order valence-corrected chi connectivity index (χ3v) is 2.43. The predicted molar refractivity (Wildman–Crippen MR) is 64.7 cm³/mol. The van der Waals surface area contributed by atoms with Crippen LogP contribution < -0.4 is 4.74 Å². The average molecular weight is 232 g/mol. The van der Waals surface area contributed by atoms with Crippen LogP contribution in [0.5, 0.6) is 11.5 Å². The van der Waals surface area contributed by atoms with Gasteiger partial charge in [-0.05, 0) is 36.8 Å². The number of hydrogen-bond donors (Lipinski definition) is 1. The number of hydrogen-bond acceptors (Lipinski definition) is 2. The number of phenolic OH excluding ortho intramolecular Hbond substituents is 1. The highest BCUT2D eigenvalue weighted by Crippen LogP contribution is 2.27. The third kappa shape index (κ3) is 2.56. The minimum Gasteiger partial charge on any atom is -0.508 e. The maximum Gasteiger partial charge on any atom is 0.134 e. The molecule has 2 rings (SSSR count). The molecule has 0 spiro atoms. The molecule has 3 heteroatoms. The van der Waals surface area contributed by atoms with E-state index in [1.807, 2.05) is 6.92 Å². The van der Waals surface area contributed by atoms with E-state index in [0.29, 0.717) is 12.2 Å². The first-order chi connectivity index (χ1) is 8.20. The van der Waals surface area contributed by atoms with E-state index in [2.05, 4.69) is 0 Å². The summed E-state index contributed by atoms with van der Waals surface area (Å²) in [6.07, 6.45) is 0. The summed E-state index contributed by atoms with van der Waals surface area (Å²) in [6.45, 7) is 2.51. The Morgan fingerprint density at radius 1 is 1.12 bits per heavy atom. The SMILES string of the molecule is CCOc1ccc(-c2ccc(O)cc2F)cc1. The summed E-state index contributed by atoms with van der Waals surface area (Å²) in [5.41, 5.74) is 1.22. The molecule has 0 atom stereocenters. The maximum atomic E-state index is 13.6. The second-order valence-corrected chi connectivity index (χ2v) is 3.62. The standard InChI is InChI=1S/C14H13FO2/c1-2-17-12-6-3-10(4-7-12)13-8-5-11(16)9-14(13)15/h3-9,16H,2H2,1H3. The summed E-state index contributed by atoms with van der Waals surface area (Å²) in [5, 5.41) is 9.14. The minimum absolute atomic E-state index is 0.0720. The molecule has 0 amide bonds. The highest BCUT2D eigenvalue weighted by atomic mass is 19.1. The molecule has 0 saturated heterocycles. The van der Waals surface area contributed by atoms with E-state index in [1.54, 1.807) is 30.3 Å². The second-order valence-electron chi connectivity index (χ2n) is 3.62. The average Bonchev–Trinajstić information content (AvgIpc) is 2.31. The lowest BCUT2D eigenvalue weighted by Gasteiger charge is -2.06. The van der Waals surface area contributed by atoms with Gasteiger partial charge in [0.05, 0.1) is 6.61 Å². The molecule has 2 aromatic rings. The molecule has 88 valence electrons.